The summed E-state index contributed by atoms with van der Waals surface area (Å²) in [6.07, 6.45) is 2.42. The Hall–Kier alpha value is -0.160. The molecule has 4 heteroatoms. The summed E-state index contributed by atoms with van der Waals surface area (Å²) in [4.78, 5) is 5.14. The van der Waals surface area contributed by atoms with Crippen molar-refractivity contribution in [2.24, 2.45) is 5.41 Å². The van der Waals surface area contributed by atoms with Gasteiger partial charge in [-0.25, -0.2) is 0 Å². The van der Waals surface area contributed by atoms with Crippen LogP contribution in [-0.4, -0.2) is 75.4 Å². The Morgan fingerprint density at radius 1 is 1.26 bits per heavy atom. The smallest absolute Gasteiger partial charge is 0.0472 e. The van der Waals surface area contributed by atoms with Gasteiger partial charge in [-0.15, -0.1) is 0 Å². The summed E-state index contributed by atoms with van der Waals surface area (Å²) in [5.74, 6) is 0. The molecule has 2 aliphatic heterocycles. The van der Waals surface area contributed by atoms with Crippen LogP contribution in [0.1, 0.15) is 26.7 Å². The second-order valence-electron chi connectivity index (χ2n) is 6.46. The van der Waals surface area contributed by atoms with Gasteiger partial charge in [0.25, 0.3) is 0 Å². The van der Waals surface area contributed by atoms with Crippen molar-refractivity contribution in [2.45, 2.75) is 32.7 Å². The van der Waals surface area contributed by atoms with Gasteiger partial charge in [0.2, 0.25) is 0 Å². The van der Waals surface area contributed by atoms with Crippen LogP contribution in [0.15, 0.2) is 0 Å². The largest absolute Gasteiger partial charge is 0.381 e. The Morgan fingerprint density at radius 2 is 2.00 bits per heavy atom. The van der Waals surface area contributed by atoms with Crippen LogP contribution in [0.3, 0.4) is 0 Å². The molecule has 1 N–H and O–H groups in total. The first-order valence-corrected chi connectivity index (χ1v) is 7.86. The first-order chi connectivity index (χ1) is 9.15. The minimum Gasteiger partial charge on any atom is -0.381 e. The average molecular weight is 269 g/mol. The van der Waals surface area contributed by atoms with Crippen LogP contribution in [0, 0.1) is 5.41 Å². The molecule has 0 bridgehead atoms. The zero-order chi connectivity index (χ0) is 13.7. The van der Waals surface area contributed by atoms with Crippen molar-refractivity contribution in [3.63, 3.8) is 0 Å². The summed E-state index contributed by atoms with van der Waals surface area (Å²) in [5, 5.41) is 3.58. The van der Waals surface area contributed by atoms with Crippen molar-refractivity contribution in [1.29, 1.82) is 0 Å². The first kappa shape index (κ1) is 15.2. The zero-order valence-corrected chi connectivity index (χ0v) is 13.0. The topological polar surface area (TPSA) is 27.7 Å². The Labute approximate surface area is 118 Å². The molecule has 112 valence electrons. The molecular weight excluding hydrogens is 238 g/mol. The molecule has 0 spiro atoms. The second kappa shape index (κ2) is 7.02. The molecule has 2 aliphatic rings. The van der Waals surface area contributed by atoms with Crippen molar-refractivity contribution in [2.75, 3.05) is 59.5 Å². The van der Waals surface area contributed by atoms with E-state index in [2.05, 4.69) is 36.0 Å². The van der Waals surface area contributed by atoms with Gasteiger partial charge in [0, 0.05) is 52.0 Å². The summed E-state index contributed by atoms with van der Waals surface area (Å²) in [6.45, 7) is 13.5. The van der Waals surface area contributed by atoms with E-state index in [0.29, 0.717) is 11.5 Å². The van der Waals surface area contributed by atoms with E-state index >= 15 is 0 Å². The lowest BCUT2D eigenvalue weighted by Gasteiger charge is -2.45. The first-order valence-electron chi connectivity index (χ1n) is 7.86. The van der Waals surface area contributed by atoms with Crippen molar-refractivity contribution in [1.82, 2.24) is 15.1 Å². The van der Waals surface area contributed by atoms with Gasteiger partial charge in [-0.05, 0) is 38.8 Å². The molecule has 0 amide bonds. The molecule has 0 saturated carbocycles. The van der Waals surface area contributed by atoms with Gasteiger partial charge >= 0.3 is 0 Å². The van der Waals surface area contributed by atoms with E-state index < -0.39 is 0 Å². The minimum absolute atomic E-state index is 0.434. The van der Waals surface area contributed by atoms with Crippen molar-refractivity contribution in [3.05, 3.63) is 0 Å². The lowest BCUT2D eigenvalue weighted by Crippen LogP contribution is -2.55. The fraction of sp³-hybridized carbons (Fsp3) is 1.00. The third-order valence-electron chi connectivity index (χ3n) is 4.91. The molecule has 2 rings (SSSR count). The lowest BCUT2D eigenvalue weighted by atomic mass is 9.79. The van der Waals surface area contributed by atoms with Gasteiger partial charge in [-0.1, -0.05) is 6.92 Å². The highest BCUT2D eigenvalue weighted by molar-refractivity contribution is 4.89. The van der Waals surface area contributed by atoms with E-state index in [4.69, 9.17) is 4.74 Å². The molecular formula is C15H31N3O. The highest BCUT2D eigenvalue weighted by Gasteiger charge is 2.35. The summed E-state index contributed by atoms with van der Waals surface area (Å²) < 4.78 is 5.58. The summed E-state index contributed by atoms with van der Waals surface area (Å²) in [6, 6.07) is 0.685. The number of piperazine rings is 1. The number of hydrogen-bond donors (Lipinski definition) is 1. The molecule has 4 nitrogen and oxygen atoms in total. The van der Waals surface area contributed by atoms with Crippen molar-refractivity contribution >= 4 is 0 Å². The number of ether oxygens (including phenoxy) is 1. The Balaban J connectivity index is 1.91. The highest BCUT2D eigenvalue weighted by Crippen LogP contribution is 2.31. The molecule has 2 saturated heterocycles. The van der Waals surface area contributed by atoms with Crippen LogP contribution in [0.25, 0.3) is 0 Å². The fourth-order valence-electron chi connectivity index (χ4n) is 3.33. The molecule has 0 radical (unpaired) electrons. The molecule has 0 aromatic carbocycles. The molecule has 2 fully saturated rings. The summed E-state index contributed by atoms with van der Waals surface area (Å²) >= 11 is 0. The summed E-state index contributed by atoms with van der Waals surface area (Å²) in [7, 11) is 2.24. The van der Waals surface area contributed by atoms with Gasteiger partial charge in [-0.2, -0.15) is 0 Å². The maximum Gasteiger partial charge on any atom is 0.0472 e. The Morgan fingerprint density at radius 3 is 2.63 bits per heavy atom. The van der Waals surface area contributed by atoms with E-state index in [1.807, 2.05) is 0 Å². The van der Waals surface area contributed by atoms with Crippen LogP contribution >= 0.6 is 0 Å². The number of hydrogen-bond acceptors (Lipinski definition) is 4. The van der Waals surface area contributed by atoms with Crippen LogP contribution < -0.4 is 5.32 Å². The second-order valence-corrected chi connectivity index (χ2v) is 6.46. The molecule has 0 aromatic heterocycles. The van der Waals surface area contributed by atoms with Gasteiger partial charge in [0.1, 0.15) is 0 Å². The van der Waals surface area contributed by atoms with E-state index in [-0.39, 0.29) is 0 Å². The molecule has 2 heterocycles. The molecule has 1 unspecified atom stereocenters. The molecule has 1 atom stereocenters. The standard InChI is InChI=1S/C15H31N3O/c1-4-16-12-15(5-9-19-10-6-15)13-18-8-7-17(3)14(2)11-18/h14,16H,4-13H2,1-3H3. The molecule has 0 aromatic rings. The van der Waals surface area contributed by atoms with Gasteiger partial charge in [0.15, 0.2) is 0 Å². The van der Waals surface area contributed by atoms with Crippen LogP contribution in [-0.2, 0) is 4.74 Å². The normalized spacial score (nSPS) is 29.5. The molecule has 19 heavy (non-hydrogen) atoms. The number of nitrogens with one attached hydrogen (secondary N) is 1. The van der Waals surface area contributed by atoms with Crippen LogP contribution in [0.4, 0.5) is 0 Å². The third kappa shape index (κ3) is 4.15. The predicted octanol–water partition coefficient (Wildman–Crippen LogP) is 1.03. The Bertz CT molecular complexity index is 266. The number of likely N-dealkylation sites (N-methyl/N-ethyl adjacent to an activating group) is 1. The van der Waals surface area contributed by atoms with Crippen LogP contribution in [0.2, 0.25) is 0 Å². The van der Waals surface area contributed by atoms with Crippen molar-refractivity contribution < 1.29 is 4.74 Å². The maximum atomic E-state index is 5.58. The van der Waals surface area contributed by atoms with E-state index in [0.717, 1.165) is 26.3 Å². The van der Waals surface area contributed by atoms with Crippen LogP contribution in [0.5, 0.6) is 0 Å². The SMILES string of the molecule is CCNCC1(CN2CCN(C)C(C)C2)CCOCC1. The average Bonchev–Trinajstić information content (AvgIpc) is 2.42. The Kier molecular flexibility index (Phi) is 5.63. The van der Waals surface area contributed by atoms with Gasteiger partial charge in [-0.3, -0.25) is 4.90 Å². The van der Waals surface area contributed by atoms with E-state index in [1.54, 1.807) is 0 Å². The maximum absolute atomic E-state index is 5.58. The zero-order valence-electron chi connectivity index (χ0n) is 13.0. The summed E-state index contributed by atoms with van der Waals surface area (Å²) in [5.41, 5.74) is 0.434. The highest BCUT2D eigenvalue weighted by atomic mass is 16.5. The van der Waals surface area contributed by atoms with Gasteiger partial charge < -0.3 is 15.0 Å². The predicted molar refractivity (Wildman–Crippen MR) is 79.6 cm³/mol. The van der Waals surface area contributed by atoms with E-state index in [9.17, 15) is 0 Å². The molecule has 0 aliphatic carbocycles. The lowest BCUT2D eigenvalue weighted by molar-refractivity contribution is -0.0163. The van der Waals surface area contributed by atoms with Crippen molar-refractivity contribution in [3.8, 4) is 0 Å². The fourth-order valence-corrected chi connectivity index (χ4v) is 3.33. The minimum atomic E-state index is 0.434. The monoisotopic (exact) mass is 269 g/mol. The number of rotatable bonds is 5. The third-order valence-corrected chi connectivity index (χ3v) is 4.91. The number of nitrogens with zero attached hydrogens (tertiary/aromatic N) is 2. The van der Waals surface area contributed by atoms with E-state index in [1.165, 1.54) is 39.0 Å². The quantitative estimate of drug-likeness (QED) is 0.807. The van der Waals surface area contributed by atoms with Gasteiger partial charge in [0.05, 0.1) is 0 Å².